The van der Waals surface area contributed by atoms with Crippen molar-refractivity contribution in [3.63, 3.8) is 0 Å². The molecule has 0 bridgehead atoms. The van der Waals surface area contributed by atoms with Crippen LogP contribution in [-0.4, -0.2) is 25.0 Å². The molecule has 0 amide bonds. The molecule has 1 aromatic carbocycles. The number of nitrogens with zero attached hydrogens (tertiary/aromatic N) is 1. The summed E-state index contributed by atoms with van der Waals surface area (Å²) in [5.41, 5.74) is 1.40. The number of sulfonamides is 1. The fourth-order valence-corrected chi connectivity index (χ4v) is 2.55. The highest BCUT2D eigenvalue weighted by molar-refractivity contribution is 7.92. The van der Waals surface area contributed by atoms with E-state index in [1.807, 2.05) is 19.9 Å². The molecule has 0 radical (unpaired) electrons. The van der Waals surface area contributed by atoms with Gasteiger partial charge >= 0.3 is 0 Å². The topological polar surface area (TPSA) is 84.1 Å². The van der Waals surface area contributed by atoms with E-state index < -0.39 is 10.0 Å². The molecule has 0 aliphatic heterocycles. The van der Waals surface area contributed by atoms with Gasteiger partial charge in [-0.25, -0.2) is 4.98 Å². The van der Waals surface area contributed by atoms with Crippen molar-refractivity contribution in [1.82, 2.24) is 9.97 Å². The molecule has 2 rings (SSSR count). The first-order chi connectivity index (χ1) is 9.03. The normalized spacial score (nSPS) is 11.3. The molecule has 2 N–H and O–H groups in total. The molecule has 0 spiro atoms. The lowest BCUT2D eigenvalue weighted by molar-refractivity contribution is 0.342. The van der Waals surface area contributed by atoms with Crippen molar-refractivity contribution in [1.29, 1.82) is 0 Å². The van der Waals surface area contributed by atoms with Crippen LogP contribution in [0.25, 0.3) is 0 Å². The van der Waals surface area contributed by atoms with E-state index in [9.17, 15) is 8.42 Å². The minimum Gasteiger partial charge on any atom is -0.492 e. The van der Waals surface area contributed by atoms with Crippen LogP contribution in [0.15, 0.2) is 35.7 Å². The van der Waals surface area contributed by atoms with Crippen LogP contribution in [0.3, 0.4) is 0 Å². The molecule has 1 heterocycles. The van der Waals surface area contributed by atoms with Gasteiger partial charge in [0.05, 0.1) is 24.8 Å². The summed E-state index contributed by atoms with van der Waals surface area (Å²) < 4.78 is 32.0. The third kappa shape index (κ3) is 3.05. The number of rotatable bonds is 5. The van der Waals surface area contributed by atoms with Gasteiger partial charge in [-0.1, -0.05) is 6.07 Å². The van der Waals surface area contributed by atoms with E-state index in [2.05, 4.69) is 14.7 Å². The van der Waals surface area contributed by atoms with Gasteiger partial charge in [-0.15, -0.1) is 0 Å². The number of imidazole rings is 1. The SMILES string of the molecule is CCOc1cc(C)ccc1NS(=O)(=O)c1cnc[nH]1. The lowest BCUT2D eigenvalue weighted by Crippen LogP contribution is -2.14. The first-order valence-electron chi connectivity index (χ1n) is 5.77. The Morgan fingerprint density at radius 1 is 1.42 bits per heavy atom. The third-order valence-corrected chi connectivity index (χ3v) is 3.73. The highest BCUT2D eigenvalue weighted by Gasteiger charge is 2.17. The number of anilines is 1. The first-order valence-corrected chi connectivity index (χ1v) is 7.26. The fourth-order valence-electron chi connectivity index (χ4n) is 1.58. The summed E-state index contributed by atoms with van der Waals surface area (Å²) in [7, 11) is -3.67. The summed E-state index contributed by atoms with van der Waals surface area (Å²) in [6.45, 7) is 4.22. The Labute approximate surface area is 111 Å². The summed E-state index contributed by atoms with van der Waals surface area (Å²) in [6.07, 6.45) is 2.56. The van der Waals surface area contributed by atoms with E-state index >= 15 is 0 Å². The largest absolute Gasteiger partial charge is 0.492 e. The van der Waals surface area contributed by atoms with Crippen molar-refractivity contribution in [2.24, 2.45) is 0 Å². The molecule has 0 saturated carbocycles. The van der Waals surface area contributed by atoms with Crippen molar-refractivity contribution in [2.75, 3.05) is 11.3 Å². The van der Waals surface area contributed by atoms with Gasteiger partial charge in [-0.3, -0.25) is 4.72 Å². The Bertz CT molecular complexity index is 651. The van der Waals surface area contributed by atoms with Gasteiger partial charge in [0.25, 0.3) is 10.0 Å². The van der Waals surface area contributed by atoms with Crippen molar-refractivity contribution in [2.45, 2.75) is 18.9 Å². The van der Waals surface area contributed by atoms with Gasteiger partial charge in [0, 0.05) is 0 Å². The lowest BCUT2D eigenvalue weighted by atomic mass is 10.2. The van der Waals surface area contributed by atoms with Crippen LogP contribution >= 0.6 is 0 Å². The van der Waals surface area contributed by atoms with E-state index in [0.717, 1.165) is 5.56 Å². The molecule has 0 aliphatic rings. The minimum absolute atomic E-state index is 0.00974. The van der Waals surface area contributed by atoms with Crippen molar-refractivity contribution >= 4 is 15.7 Å². The molecule has 0 saturated heterocycles. The molecule has 0 aliphatic carbocycles. The van der Waals surface area contributed by atoms with Gasteiger partial charge in [0.2, 0.25) is 0 Å². The number of aromatic amines is 1. The molecule has 2 aromatic rings. The molecule has 1 aromatic heterocycles. The summed E-state index contributed by atoms with van der Waals surface area (Å²) >= 11 is 0. The zero-order valence-corrected chi connectivity index (χ0v) is 11.5. The number of nitrogens with one attached hydrogen (secondary N) is 2. The third-order valence-electron chi connectivity index (χ3n) is 2.44. The van der Waals surface area contributed by atoms with Crippen LogP contribution in [0.2, 0.25) is 0 Å². The predicted octanol–water partition coefficient (Wildman–Crippen LogP) is 1.92. The Hall–Kier alpha value is -2.02. The standard InChI is InChI=1S/C12H15N3O3S/c1-3-18-11-6-9(2)4-5-10(11)15-19(16,17)12-7-13-8-14-12/h4-8,15H,3H2,1-2H3,(H,13,14). The molecule has 0 atom stereocenters. The van der Waals surface area contributed by atoms with E-state index in [-0.39, 0.29) is 5.03 Å². The highest BCUT2D eigenvalue weighted by Crippen LogP contribution is 2.27. The van der Waals surface area contributed by atoms with Crippen molar-refractivity contribution < 1.29 is 13.2 Å². The summed E-state index contributed by atoms with van der Waals surface area (Å²) in [5, 5.41) is 0.00974. The number of hydrogen-bond acceptors (Lipinski definition) is 4. The van der Waals surface area contributed by atoms with Crippen LogP contribution in [0.1, 0.15) is 12.5 Å². The zero-order valence-electron chi connectivity index (χ0n) is 10.7. The number of H-pyrrole nitrogens is 1. The maximum atomic E-state index is 12.1. The van der Waals surface area contributed by atoms with Crippen molar-refractivity contribution in [3.05, 3.63) is 36.3 Å². The minimum atomic E-state index is -3.67. The van der Waals surface area contributed by atoms with E-state index in [0.29, 0.717) is 18.0 Å². The van der Waals surface area contributed by atoms with Gasteiger partial charge in [0.1, 0.15) is 5.75 Å². The number of benzene rings is 1. The van der Waals surface area contributed by atoms with Gasteiger partial charge in [0.15, 0.2) is 5.03 Å². The van der Waals surface area contributed by atoms with Crippen molar-refractivity contribution in [3.8, 4) is 5.75 Å². The molecule has 7 heteroatoms. The molecule has 19 heavy (non-hydrogen) atoms. The number of ether oxygens (including phenoxy) is 1. The van der Waals surface area contributed by atoms with E-state index in [4.69, 9.17) is 4.74 Å². The van der Waals surface area contributed by atoms with Gasteiger partial charge in [-0.05, 0) is 31.5 Å². The maximum Gasteiger partial charge on any atom is 0.279 e. The quantitative estimate of drug-likeness (QED) is 0.877. The molecule has 0 fully saturated rings. The molecular formula is C12H15N3O3S. The lowest BCUT2D eigenvalue weighted by Gasteiger charge is -2.12. The number of hydrogen-bond donors (Lipinski definition) is 2. The average Bonchev–Trinajstić information content (AvgIpc) is 2.87. The Balaban J connectivity index is 2.33. The summed E-state index contributed by atoms with van der Waals surface area (Å²) in [6, 6.07) is 5.27. The second kappa shape index (κ2) is 5.31. The van der Waals surface area contributed by atoms with Crippen LogP contribution in [0.4, 0.5) is 5.69 Å². The monoisotopic (exact) mass is 281 g/mol. The van der Waals surface area contributed by atoms with Crippen LogP contribution in [-0.2, 0) is 10.0 Å². The van der Waals surface area contributed by atoms with Gasteiger partial charge in [-0.2, -0.15) is 8.42 Å². The number of aryl methyl sites for hydroxylation is 1. The zero-order chi connectivity index (χ0) is 13.9. The van der Waals surface area contributed by atoms with E-state index in [1.54, 1.807) is 12.1 Å². The van der Waals surface area contributed by atoms with Crippen LogP contribution in [0.5, 0.6) is 5.75 Å². The first kappa shape index (κ1) is 13.4. The van der Waals surface area contributed by atoms with E-state index in [1.165, 1.54) is 12.5 Å². The Morgan fingerprint density at radius 2 is 2.21 bits per heavy atom. The average molecular weight is 281 g/mol. The molecule has 102 valence electrons. The molecule has 6 nitrogen and oxygen atoms in total. The number of aromatic nitrogens is 2. The smallest absolute Gasteiger partial charge is 0.279 e. The van der Waals surface area contributed by atoms with Gasteiger partial charge < -0.3 is 9.72 Å². The van der Waals surface area contributed by atoms with Crippen LogP contribution < -0.4 is 9.46 Å². The summed E-state index contributed by atoms with van der Waals surface area (Å²) in [5.74, 6) is 0.505. The maximum absolute atomic E-state index is 12.1. The summed E-state index contributed by atoms with van der Waals surface area (Å²) in [4.78, 5) is 6.26. The second-order valence-electron chi connectivity index (χ2n) is 3.95. The molecule has 0 unspecified atom stereocenters. The van der Waals surface area contributed by atoms with Crippen LogP contribution in [0, 0.1) is 6.92 Å². The predicted molar refractivity (Wildman–Crippen MR) is 71.7 cm³/mol. The highest BCUT2D eigenvalue weighted by atomic mass is 32.2. The Morgan fingerprint density at radius 3 is 2.84 bits per heavy atom. The second-order valence-corrected chi connectivity index (χ2v) is 5.60. The Kier molecular flexibility index (Phi) is 3.75. The molecular weight excluding hydrogens is 266 g/mol. The fraction of sp³-hybridized carbons (Fsp3) is 0.250.